The first-order chi connectivity index (χ1) is 17.1. The summed E-state index contributed by atoms with van der Waals surface area (Å²) in [6.45, 7) is 5.28. The molecule has 0 aliphatic carbocycles. The zero-order valence-electron chi connectivity index (χ0n) is 20.0. The molecule has 0 atom stereocenters. The smallest absolute Gasteiger partial charge is 0.416 e. The number of benzene rings is 1. The Bertz CT molecular complexity index is 1160. The van der Waals surface area contributed by atoms with Gasteiger partial charge in [0, 0.05) is 26.2 Å². The average Bonchev–Trinajstić information content (AvgIpc) is 3.24. The third kappa shape index (κ3) is 5.84. The molecule has 0 radical (unpaired) electrons. The summed E-state index contributed by atoms with van der Waals surface area (Å²) in [5.74, 6) is -0.243. The average molecular weight is 533 g/mol. The number of carbonyl (C=O) groups is 2. The molecular weight excluding hydrogens is 508 g/mol. The summed E-state index contributed by atoms with van der Waals surface area (Å²) >= 11 is 0. The van der Waals surface area contributed by atoms with Crippen molar-refractivity contribution in [3.8, 4) is 0 Å². The summed E-state index contributed by atoms with van der Waals surface area (Å²) in [6, 6.07) is 2.62. The summed E-state index contributed by atoms with van der Waals surface area (Å²) in [4.78, 5) is 28.6. The first-order valence-electron chi connectivity index (χ1n) is 11.4. The maximum absolute atomic E-state index is 13.1. The van der Waals surface area contributed by atoms with Gasteiger partial charge in [0.1, 0.15) is 6.61 Å². The van der Waals surface area contributed by atoms with E-state index in [0.717, 1.165) is 0 Å². The Morgan fingerprint density at radius 1 is 1.00 bits per heavy atom. The van der Waals surface area contributed by atoms with Crippen molar-refractivity contribution in [3.05, 3.63) is 52.3 Å². The van der Waals surface area contributed by atoms with E-state index in [1.54, 1.807) is 15.6 Å². The summed E-state index contributed by atoms with van der Waals surface area (Å²) in [5.41, 5.74) is -3.05. The Morgan fingerprint density at radius 2 is 1.65 bits per heavy atom. The Morgan fingerprint density at radius 3 is 2.24 bits per heavy atom. The monoisotopic (exact) mass is 533 g/mol. The van der Waals surface area contributed by atoms with Crippen molar-refractivity contribution in [1.29, 1.82) is 0 Å². The highest BCUT2D eigenvalue weighted by atomic mass is 19.4. The van der Waals surface area contributed by atoms with E-state index in [0.29, 0.717) is 37.5 Å². The van der Waals surface area contributed by atoms with Crippen LogP contribution >= 0.6 is 0 Å². The van der Waals surface area contributed by atoms with E-state index in [2.05, 4.69) is 10.4 Å². The fourth-order valence-corrected chi connectivity index (χ4v) is 4.36. The van der Waals surface area contributed by atoms with Crippen molar-refractivity contribution >= 4 is 12.0 Å². The van der Waals surface area contributed by atoms with Crippen molar-refractivity contribution in [1.82, 2.24) is 24.9 Å². The van der Waals surface area contributed by atoms with Gasteiger partial charge in [-0.15, -0.1) is 0 Å². The van der Waals surface area contributed by atoms with Crippen LogP contribution in [-0.2, 0) is 36.8 Å². The molecule has 2 aliphatic heterocycles. The van der Waals surface area contributed by atoms with Crippen LogP contribution in [0.25, 0.3) is 0 Å². The number of rotatable bonds is 3. The zero-order chi connectivity index (χ0) is 27.2. The van der Waals surface area contributed by atoms with E-state index in [1.165, 1.54) is 4.90 Å². The van der Waals surface area contributed by atoms with Gasteiger partial charge in [0.05, 0.1) is 35.4 Å². The number of hydrogen-bond donors (Lipinski definition) is 1. The number of ether oxygens (including phenoxy) is 1. The molecule has 0 spiro atoms. The molecule has 2 aromatic rings. The minimum Gasteiger partial charge on any atom is -0.445 e. The molecule has 202 valence electrons. The lowest BCUT2D eigenvalue weighted by Gasteiger charge is -2.42. The Balaban J connectivity index is 1.43. The molecule has 8 nitrogen and oxygen atoms in total. The minimum absolute atomic E-state index is 0.0114. The van der Waals surface area contributed by atoms with Crippen LogP contribution in [0.5, 0.6) is 0 Å². The molecule has 2 aliphatic rings. The maximum Gasteiger partial charge on any atom is 0.416 e. The second kappa shape index (κ2) is 9.54. The SMILES string of the molecule is CC1(C)CNCCN1C(=O)c1cc2n(n1)CCN(C(=O)OCc1cc(C(F)(F)F)cc(C(F)(F)F)c1)C2. The molecule has 0 bridgehead atoms. The highest BCUT2D eigenvalue weighted by molar-refractivity contribution is 5.93. The van der Waals surface area contributed by atoms with Gasteiger partial charge in [-0.05, 0) is 43.7 Å². The lowest BCUT2D eigenvalue weighted by molar-refractivity contribution is -0.143. The van der Waals surface area contributed by atoms with Gasteiger partial charge in [0.15, 0.2) is 5.69 Å². The number of halogens is 6. The summed E-state index contributed by atoms with van der Waals surface area (Å²) in [7, 11) is 0. The number of alkyl halides is 6. The van der Waals surface area contributed by atoms with Crippen LogP contribution in [0, 0.1) is 0 Å². The van der Waals surface area contributed by atoms with Gasteiger partial charge in [-0.1, -0.05) is 0 Å². The van der Waals surface area contributed by atoms with Crippen LogP contribution in [0.2, 0.25) is 0 Å². The number of piperazine rings is 1. The highest BCUT2D eigenvalue weighted by Gasteiger charge is 2.38. The molecule has 0 saturated carbocycles. The van der Waals surface area contributed by atoms with Gasteiger partial charge in [-0.25, -0.2) is 4.79 Å². The second-order valence-electron chi connectivity index (χ2n) is 9.58. The minimum atomic E-state index is -5.00. The molecular formula is C23H25F6N5O3. The number of amides is 2. The Labute approximate surface area is 208 Å². The van der Waals surface area contributed by atoms with Crippen molar-refractivity contribution in [3.63, 3.8) is 0 Å². The van der Waals surface area contributed by atoms with Gasteiger partial charge < -0.3 is 19.9 Å². The van der Waals surface area contributed by atoms with Gasteiger partial charge in [-0.3, -0.25) is 9.48 Å². The molecule has 4 rings (SSSR count). The third-order valence-corrected chi connectivity index (χ3v) is 6.33. The Hall–Kier alpha value is -3.29. The summed E-state index contributed by atoms with van der Waals surface area (Å²) in [6.07, 6.45) is -10.9. The molecule has 0 unspecified atom stereocenters. The van der Waals surface area contributed by atoms with Crippen molar-refractivity contribution < 1.29 is 40.7 Å². The van der Waals surface area contributed by atoms with E-state index >= 15 is 0 Å². The Kier molecular flexibility index (Phi) is 6.90. The standard InChI is InChI=1S/C23H25F6N5O3/c1-21(2)13-30-3-4-33(21)19(35)18-10-17-11-32(5-6-34(17)31-18)20(36)37-12-14-7-15(22(24,25)26)9-16(8-14)23(27,28)29/h7-10,30H,3-6,11-13H2,1-2H3. The van der Waals surface area contributed by atoms with Crippen LogP contribution in [0.4, 0.5) is 31.1 Å². The molecule has 1 N–H and O–H groups in total. The predicted octanol–water partition coefficient (Wildman–Crippen LogP) is 3.90. The van der Waals surface area contributed by atoms with Crippen LogP contribution in [0.3, 0.4) is 0 Å². The maximum atomic E-state index is 13.1. The summed E-state index contributed by atoms with van der Waals surface area (Å²) in [5, 5.41) is 7.59. The van der Waals surface area contributed by atoms with Crippen molar-refractivity contribution in [2.75, 3.05) is 26.2 Å². The first-order valence-corrected chi connectivity index (χ1v) is 11.4. The predicted molar refractivity (Wildman–Crippen MR) is 117 cm³/mol. The number of nitrogens with one attached hydrogen (secondary N) is 1. The molecule has 3 heterocycles. The first kappa shape index (κ1) is 26.8. The van der Waals surface area contributed by atoms with Crippen LogP contribution in [0.1, 0.15) is 46.7 Å². The molecule has 37 heavy (non-hydrogen) atoms. The largest absolute Gasteiger partial charge is 0.445 e. The van der Waals surface area contributed by atoms with E-state index in [9.17, 15) is 35.9 Å². The highest BCUT2D eigenvalue weighted by Crippen LogP contribution is 2.36. The number of carbonyl (C=O) groups excluding carboxylic acids is 2. The van der Waals surface area contributed by atoms with Crippen LogP contribution in [0.15, 0.2) is 24.3 Å². The summed E-state index contributed by atoms with van der Waals surface area (Å²) < 4.78 is 85.0. The molecule has 1 aromatic carbocycles. The molecule has 1 saturated heterocycles. The van der Waals surface area contributed by atoms with E-state index in [-0.39, 0.29) is 37.3 Å². The van der Waals surface area contributed by atoms with Crippen molar-refractivity contribution in [2.45, 2.75) is 51.4 Å². The quantitative estimate of drug-likeness (QED) is 0.606. The van der Waals surface area contributed by atoms with Crippen LogP contribution in [-0.4, -0.2) is 63.3 Å². The molecule has 1 aromatic heterocycles. The fourth-order valence-electron chi connectivity index (χ4n) is 4.36. The number of aromatic nitrogens is 2. The molecule has 14 heteroatoms. The van der Waals surface area contributed by atoms with Crippen LogP contribution < -0.4 is 5.32 Å². The lowest BCUT2D eigenvalue weighted by atomic mass is 9.99. The van der Waals surface area contributed by atoms with Gasteiger partial charge in [-0.2, -0.15) is 31.4 Å². The lowest BCUT2D eigenvalue weighted by Crippen LogP contribution is -2.59. The van der Waals surface area contributed by atoms with E-state index in [4.69, 9.17) is 4.74 Å². The number of fused-ring (bicyclic) bond motifs is 1. The normalized spacial score (nSPS) is 17.9. The van der Waals surface area contributed by atoms with Gasteiger partial charge >= 0.3 is 18.4 Å². The zero-order valence-corrected chi connectivity index (χ0v) is 20.0. The van der Waals surface area contributed by atoms with E-state index in [1.807, 2.05) is 13.8 Å². The molecule has 2 amide bonds. The van der Waals surface area contributed by atoms with Gasteiger partial charge in [0.25, 0.3) is 5.91 Å². The number of hydrogen-bond acceptors (Lipinski definition) is 5. The van der Waals surface area contributed by atoms with Gasteiger partial charge in [0.2, 0.25) is 0 Å². The molecule has 1 fully saturated rings. The fraction of sp³-hybridized carbons (Fsp3) is 0.522. The topological polar surface area (TPSA) is 79.7 Å². The van der Waals surface area contributed by atoms with Crippen molar-refractivity contribution in [2.24, 2.45) is 0 Å². The number of nitrogens with zero attached hydrogens (tertiary/aromatic N) is 4. The van der Waals surface area contributed by atoms with E-state index < -0.39 is 47.3 Å². The second-order valence-corrected chi connectivity index (χ2v) is 9.58. The third-order valence-electron chi connectivity index (χ3n) is 6.33.